The van der Waals surface area contributed by atoms with Gasteiger partial charge in [0.05, 0.1) is 18.7 Å². The molecule has 3 nitrogen and oxygen atoms in total. The minimum absolute atomic E-state index is 0.116. The summed E-state index contributed by atoms with van der Waals surface area (Å²) in [6, 6.07) is 13.3. The van der Waals surface area contributed by atoms with Crippen LogP contribution in [0.2, 0.25) is 5.02 Å². The van der Waals surface area contributed by atoms with Crippen LogP contribution in [0.25, 0.3) is 10.1 Å². The first-order valence-electron chi connectivity index (χ1n) is 6.46. The molecule has 0 atom stereocenters. The molecule has 0 saturated carbocycles. The summed E-state index contributed by atoms with van der Waals surface area (Å²) in [5.41, 5.74) is 0.821. The number of fused-ring (bicyclic) bond motifs is 1. The highest BCUT2D eigenvalue weighted by Gasteiger charge is 2.10. The van der Waals surface area contributed by atoms with Gasteiger partial charge >= 0.3 is 0 Å². The van der Waals surface area contributed by atoms with Crippen molar-refractivity contribution >= 4 is 38.7 Å². The van der Waals surface area contributed by atoms with Crippen molar-refractivity contribution in [3.8, 4) is 11.5 Å². The molecule has 1 aromatic heterocycles. The van der Waals surface area contributed by atoms with Crippen molar-refractivity contribution in [1.29, 1.82) is 0 Å². The lowest BCUT2D eigenvalue weighted by atomic mass is 10.2. The minimum atomic E-state index is 0.116. The lowest BCUT2D eigenvalue weighted by Gasteiger charge is -2.08. The third-order valence-electron chi connectivity index (χ3n) is 3.23. The number of nitrogens with one attached hydrogen (secondary N) is 1. The molecule has 0 aliphatic rings. The van der Waals surface area contributed by atoms with Gasteiger partial charge in [-0.15, -0.1) is 11.3 Å². The van der Waals surface area contributed by atoms with Crippen LogP contribution in [0.15, 0.2) is 42.5 Å². The molecule has 0 bridgehead atoms. The Balaban J connectivity index is 1.80. The van der Waals surface area contributed by atoms with Crippen LogP contribution in [-0.2, 0) is 6.54 Å². The number of methoxy groups -OCH3 is 1. The normalized spacial score (nSPS) is 10.8. The molecule has 3 rings (SSSR count). The summed E-state index contributed by atoms with van der Waals surface area (Å²) < 4.78 is 6.20. The van der Waals surface area contributed by atoms with Crippen molar-refractivity contribution in [2.24, 2.45) is 0 Å². The van der Waals surface area contributed by atoms with Gasteiger partial charge in [-0.25, -0.2) is 0 Å². The second-order valence-electron chi connectivity index (χ2n) is 4.58. The molecule has 1 heterocycles. The van der Waals surface area contributed by atoms with Gasteiger partial charge in [0, 0.05) is 26.7 Å². The van der Waals surface area contributed by atoms with Gasteiger partial charge in [-0.05, 0) is 18.2 Å². The molecule has 2 aromatic carbocycles. The minimum Gasteiger partial charge on any atom is -0.504 e. The maximum Gasteiger partial charge on any atom is 0.160 e. The SMILES string of the molecule is COc1ccc(NCc2sc3ccccc3c2Cl)cc1O. The number of anilines is 1. The van der Waals surface area contributed by atoms with E-state index in [-0.39, 0.29) is 5.75 Å². The second kappa shape index (κ2) is 5.84. The predicted molar refractivity (Wildman–Crippen MR) is 88.8 cm³/mol. The Morgan fingerprint density at radius 3 is 2.76 bits per heavy atom. The molecule has 0 fully saturated rings. The fourth-order valence-electron chi connectivity index (χ4n) is 2.16. The van der Waals surface area contributed by atoms with Crippen molar-refractivity contribution in [3.63, 3.8) is 0 Å². The molecule has 0 saturated heterocycles. The first-order chi connectivity index (χ1) is 10.2. The number of hydrogen-bond donors (Lipinski definition) is 2. The molecule has 3 aromatic rings. The zero-order chi connectivity index (χ0) is 14.8. The second-order valence-corrected chi connectivity index (χ2v) is 6.09. The monoisotopic (exact) mass is 319 g/mol. The van der Waals surface area contributed by atoms with E-state index in [0.717, 1.165) is 21.0 Å². The van der Waals surface area contributed by atoms with Crippen LogP contribution in [-0.4, -0.2) is 12.2 Å². The van der Waals surface area contributed by atoms with Gasteiger partial charge in [0.2, 0.25) is 0 Å². The summed E-state index contributed by atoms with van der Waals surface area (Å²) in [5.74, 6) is 0.574. The van der Waals surface area contributed by atoms with Gasteiger partial charge in [-0.2, -0.15) is 0 Å². The lowest BCUT2D eigenvalue weighted by Crippen LogP contribution is -1.98. The Morgan fingerprint density at radius 2 is 2.05 bits per heavy atom. The average Bonchev–Trinajstić information content (AvgIpc) is 2.82. The lowest BCUT2D eigenvalue weighted by molar-refractivity contribution is 0.373. The molecule has 0 aliphatic heterocycles. The van der Waals surface area contributed by atoms with E-state index in [4.69, 9.17) is 16.3 Å². The van der Waals surface area contributed by atoms with Crippen molar-refractivity contribution in [2.75, 3.05) is 12.4 Å². The Labute approximate surface area is 131 Å². The van der Waals surface area contributed by atoms with Crippen molar-refractivity contribution < 1.29 is 9.84 Å². The first-order valence-corrected chi connectivity index (χ1v) is 7.65. The molecule has 0 aliphatic carbocycles. The van der Waals surface area contributed by atoms with E-state index in [9.17, 15) is 5.11 Å². The summed E-state index contributed by atoms with van der Waals surface area (Å²) in [7, 11) is 1.53. The number of hydrogen-bond acceptors (Lipinski definition) is 4. The smallest absolute Gasteiger partial charge is 0.160 e. The summed E-state index contributed by atoms with van der Waals surface area (Å²) in [5, 5.41) is 14.9. The van der Waals surface area contributed by atoms with E-state index in [1.807, 2.05) is 24.3 Å². The zero-order valence-electron chi connectivity index (χ0n) is 11.4. The van der Waals surface area contributed by atoms with Crippen LogP contribution in [0.1, 0.15) is 4.88 Å². The predicted octanol–water partition coefficient (Wildman–Crippen LogP) is 4.88. The Hall–Kier alpha value is -1.91. The highest BCUT2D eigenvalue weighted by Crippen LogP contribution is 2.36. The molecule has 108 valence electrons. The molecular weight excluding hydrogens is 306 g/mol. The average molecular weight is 320 g/mol. The van der Waals surface area contributed by atoms with Gasteiger partial charge in [0.25, 0.3) is 0 Å². The maximum atomic E-state index is 9.77. The van der Waals surface area contributed by atoms with Crippen LogP contribution >= 0.6 is 22.9 Å². The number of aromatic hydroxyl groups is 1. The molecular formula is C16H14ClNO2S. The molecule has 0 unspecified atom stereocenters. The number of benzene rings is 2. The Kier molecular flexibility index (Phi) is 3.90. The largest absolute Gasteiger partial charge is 0.504 e. The van der Waals surface area contributed by atoms with E-state index in [2.05, 4.69) is 11.4 Å². The van der Waals surface area contributed by atoms with Crippen LogP contribution in [0.5, 0.6) is 11.5 Å². The third kappa shape index (κ3) is 2.77. The molecule has 0 amide bonds. The highest BCUT2D eigenvalue weighted by atomic mass is 35.5. The Morgan fingerprint density at radius 1 is 1.24 bits per heavy atom. The number of thiophene rings is 1. The topological polar surface area (TPSA) is 41.5 Å². The standard InChI is InChI=1S/C16H14ClNO2S/c1-20-13-7-6-10(8-12(13)19)18-9-15-16(17)11-4-2-3-5-14(11)21-15/h2-8,18-19H,9H2,1H3. The highest BCUT2D eigenvalue weighted by molar-refractivity contribution is 7.19. The summed E-state index contributed by atoms with van der Waals surface area (Å²) in [6.45, 7) is 0.615. The van der Waals surface area contributed by atoms with Gasteiger partial charge in [0.1, 0.15) is 0 Å². The Bertz CT molecular complexity index is 785. The maximum absolute atomic E-state index is 9.77. The fourth-order valence-corrected chi connectivity index (χ4v) is 3.60. The van der Waals surface area contributed by atoms with Crippen LogP contribution in [0, 0.1) is 0 Å². The van der Waals surface area contributed by atoms with Crippen LogP contribution in [0.4, 0.5) is 5.69 Å². The molecule has 21 heavy (non-hydrogen) atoms. The van der Waals surface area contributed by atoms with Gasteiger partial charge in [-0.1, -0.05) is 29.8 Å². The fraction of sp³-hybridized carbons (Fsp3) is 0.125. The summed E-state index contributed by atoms with van der Waals surface area (Å²) in [6.07, 6.45) is 0. The van der Waals surface area contributed by atoms with E-state index < -0.39 is 0 Å². The number of rotatable bonds is 4. The van der Waals surface area contributed by atoms with E-state index in [1.54, 1.807) is 23.5 Å². The van der Waals surface area contributed by atoms with Crippen molar-refractivity contribution in [1.82, 2.24) is 0 Å². The number of halogens is 1. The molecule has 2 N–H and O–H groups in total. The van der Waals surface area contributed by atoms with Gasteiger partial charge < -0.3 is 15.2 Å². The molecule has 5 heteroatoms. The van der Waals surface area contributed by atoms with Crippen LogP contribution in [0.3, 0.4) is 0 Å². The number of phenols is 1. The summed E-state index contributed by atoms with van der Waals surface area (Å²) >= 11 is 8.08. The third-order valence-corrected chi connectivity index (χ3v) is 4.95. The molecule has 0 radical (unpaired) electrons. The quantitative estimate of drug-likeness (QED) is 0.720. The summed E-state index contributed by atoms with van der Waals surface area (Å²) in [4.78, 5) is 1.08. The zero-order valence-corrected chi connectivity index (χ0v) is 13.0. The van der Waals surface area contributed by atoms with Gasteiger partial charge in [0.15, 0.2) is 11.5 Å². The number of ether oxygens (including phenoxy) is 1. The number of phenolic OH excluding ortho intramolecular Hbond substituents is 1. The molecule has 0 spiro atoms. The van der Waals surface area contributed by atoms with Crippen molar-refractivity contribution in [2.45, 2.75) is 6.54 Å². The van der Waals surface area contributed by atoms with Gasteiger partial charge in [-0.3, -0.25) is 0 Å². The van der Waals surface area contributed by atoms with E-state index in [1.165, 1.54) is 11.8 Å². The van der Waals surface area contributed by atoms with Crippen molar-refractivity contribution in [3.05, 3.63) is 52.4 Å². The van der Waals surface area contributed by atoms with Crippen LogP contribution < -0.4 is 10.1 Å². The van der Waals surface area contributed by atoms with E-state index >= 15 is 0 Å². The first kappa shape index (κ1) is 14.0. The van der Waals surface area contributed by atoms with E-state index in [0.29, 0.717) is 12.3 Å².